The number of carbonyl (C=O) groups is 4. The molecule has 4 rings (SSSR count). The molecule has 3 aromatic carbocycles. The summed E-state index contributed by atoms with van der Waals surface area (Å²) in [5, 5.41) is 4.83. The van der Waals surface area contributed by atoms with Crippen molar-refractivity contribution in [2.45, 2.75) is 45.3 Å². The standard InChI is InChI=1S/C36H44N4O5/c1-36(2,3)45-35(44)40-23-26(24-40)16-18-32(41)39(6)31(22-25-15-17-27-11-7-8-13-29(27)21-25)34(43)38(5)20-19-28-12-9-10-14-30(28)33(42)37-4/h7-18,21,26,31H,19-20,22-24H2,1-6H3,(H,37,42)/t31-/m1/s1. The molecule has 0 radical (unpaired) electrons. The maximum Gasteiger partial charge on any atom is 0.410 e. The summed E-state index contributed by atoms with van der Waals surface area (Å²) >= 11 is 0. The van der Waals surface area contributed by atoms with Crippen LogP contribution in [0.25, 0.3) is 10.8 Å². The predicted molar refractivity (Wildman–Crippen MR) is 176 cm³/mol. The van der Waals surface area contributed by atoms with E-state index in [-0.39, 0.29) is 29.7 Å². The van der Waals surface area contributed by atoms with Gasteiger partial charge in [-0.2, -0.15) is 0 Å². The summed E-state index contributed by atoms with van der Waals surface area (Å²) in [5.74, 6) is -0.619. The highest BCUT2D eigenvalue weighted by molar-refractivity contribution is 5.95. The van der Waals surface area contributed by atoms with Gasteiger partial charge in [0.15, 0.2) is 0 Å². The van der Waals surface area contributed by atoms with Gasteiger partial charge in [0.2, 0.25) is 11.8 Å². The molecule has 45 heavy (non-hydrogen) atoms. The topological polar surface area (TPSA) is 99.3 Å². The molecule has 1 N–H and O–H groups in total. The lowest BCUT2D eigenvalue weighted by atomic mass is 9.98. The second kappa shape index (κ2) is 14.4. The third-order valence-electron chi connectivity index (χ3n) is 8.00. The summed E-state index contributed by atoms with van der Waals surface area (Å²) < 4.78 is 5.42. The van der Waals surface area contributed by atoms with E-state index in [1.54, 1.807) is 43.1 Å². The molecule has 4 amide bonds. The van der Waals surface area contributed by atoms with Crippen molar-refractivity contribution in [3.05, 3.63) is 95.6 Å². The van der Waals surface area contributed by atoms with Gasteiger partial charge in [-0.3, -0.25) is 14.4 Å². The number of likely N-dealkylation sites (tertiary alicyclic amines) is 1. The van der Waals surface area contributed by atoms with Gasteiger partial charge in [0.05, 0.1) is 0 Å². The fraction of sp³-hybridized carbons (Fsp3) is 0.389. The Morgan fingerprint density at radius 2 is 1.64 bits per heavy atom. The lowest BCUT2D eigenvalue weighted by Crippen LogP contribution is -2.51. The molecule has 1 aliphatic rings. The minimum atomic E-state index is -0.748. The Kier molecular flexibility index (Phi) is 10.6. The lowest BCUT2D eigenvalue weighted by molar-refractivity contribution is -0.141. The van der Waals surface area contributed by atoms with Crippen LogP contribution < -0.4 is 5.32 Å². The number of carbonyl (C=O) groups excluding carboxylic acids is 4. The molecule has 238 valence electrons. The Balaban J connectivity index is 1.47. The molecule has 0 aromatic heterocycles. The number of likely N-dealkylation sites (N-methyl/N-ethyl adjacent to an activating group) is 2. The van der Waals surface area contributed by atoms with E-state index in [2.05, 4.69) is 11.4 Å². The van der Waals surface area contributed by atoms with Crippen LogP contribution in [-0.2, 0) is 27.2 Å². The smallest absolute Gasteiger partial charge is 0.410 e. The third kappa shape index (κ3) is 8.71. The molecule has 0 aliphatic carbocycles. The number of rotatable bonds is 10. The molecule has 9 nitrogen and oxygen atoms in total. The monoisotopic (exact) mass is 612 g/mol. The van der Waals surface area contributed by atoms with Crippen LogP contribution in [0.2, 0.25) is 0 Å². The molecule has 0 saturated carbocycles. The maximum atomic E-state index is 14.0. The van der Waals surface area contributed by atoms with Crippen molar-refractivity contribution in [1.29, 1.82) is 0 Å². The molecule has 1 aliphatic heterocycles. The van der Waals surface area contributed by atoms with Gasteiger partial charge in [0.25, 0.3) is 5.91 Å². The number of hydrogen-bond donors (Lipinski definition) is 1. The summed E-state index contributed by atoms with van der Waals surface area (Å²) in [5.41, 5.74) is 1.80. The molecule has 0 unspecified atom stereocenters. The van der Waals surface area contributed by atoms with Crippen molar-refractivity contribution >= 4 is 34.6 Å². The molecular weight excluding hydrogens is 568 g/mol. The molecule has 1 atom stereocenters. The van der Waals surface area contributed by atoms with Crippen molar-refractivity contribution in [2.75, 3.05) is 40.8 Å². The maximum absolute atomic E-state index is 14.0. The van der Waals surface area contributed by atoms with Gasteiger partial charge in [-0.05, 0) is 61.2 Å². The second-order valence-corrected chi connectivity index (χ2v) is 12.6. The number of ether oxygens (including phenoxy) is 1. The average molecular weight is 613 g/mol. The van der Waals surface area contributed by atoms with Crippen LogP contribution >= 0.6 is 0 Å². The first-order valence-corrected chi connectivity index (χ1v) is 15.3. The van der Waals surface area contributed by atoms with Crippen LogP contribution in [0.3, 0.4) is 0 Å². The largest absolute Gasteiger partial charge is 0.444 e. The SMILES string of the molecule is CNC(=O)c1ccccc1CCN(C)C(=O)[C@@H](Cc1ccc2ccccc2c1)N(C)C(=O)C=CC1CN(C(=O)OC(C)(C)C)C1. The van der Waals surface area contributed by atoms with Crippen LogP contribution in [0.15, 0.2) is 78.9 Å². The van der Waals surface area contributed by atoms with E-state index >= 15 is 0 Å². The number of nitrogens with zero attached hydrogens (tertiary/aromatic N) is 3. The summed E-state index contributed by atoms with van der Waals surface area (Å²) in [6.07, 6.45) is 3.77. The first kappa shape index (κ1) is 33.2. The Labute approximate surface area is 265 Å². The number of fused-ring (bicyclic) bond motifs is 1. The first-order valence-electron chi connectivity index (χ1n) is 15.3. The van der Waals surface area contributed by atoms with E-state index in [9.17, 15) is 19.2 Å². The van der Waals surface area contributed by atoms with E-state index in [0.717, 1.165) is 21.9 Å². The van der Waals surface area contributed by atoms with Gasteiger partial charge in [0.1, 0.15) is 11.6 Å². The molecule has 1 heterocycles. The minimum absolute atomic E-state index is 0.0348. The van der Waals surface area contributed by atoms with Crippen molar-refractivity contribution in [3.63, 3.8) is 0 Å². The molecule has 0 spiro atoms. The number of benzene rings is 3. The molecule has 3 aromatic rings. The van der Waals surface area contributed by atoms with E-state index in [1.165, 1.54) is 11.0 Å². The van der Waals surface area contributed by atoms with Gasteiger partial charge in [-0.15, -0.1) is 0 Å². The van der Waals surface area contributed by atoms with Crippen molar-refractivity contribution in [1.82, 2.24) is 20.0 Å². The van der Waals surface area contributed by atoms with Gasteiger partial charge >= 0.3 is 6.09 Å². The van der Waals surface area contributed by atoms with Crippen molar-refractivity contribution in [3.8, 4) is 0 Å². The fourth-order valence-corrected chi connectivity index (χ4v) is 5.33. The van der Waals surface area contributed by atoms with Crippen molar-refractivity contribution < 1.29 is 23.9 Å². The van der Waals surface area contributed by atoms with E-state index < -0.39 is 11.6 Å². The molecule has 0 bridgehead atoms. The van der Waals surface area contributed by atoms with Crippen molar-refractivity contribution in [2.24, 2.45) is 5.92 Å². The third-order valence-corrected chi connectivity index (χ3v) is 8.00. The quantitative estimate of drug-likeness (QED) is 0.335. The van der Waals surface area contributed by atoms with Crippen LogP contribution in [0.1, 0.15) is 42.3 Å². The predicted octanol–water partition coefficient (Wildman–Crippen LogP) is 4.69. The summed E-state index contributed by atoms with van der Waals surface area (Å²) in [6.45, 7) is 6.81. The molecular formula is C36H44N4O5. The molecule has 1 saturated heterocycles. The summed E-state index contributed by atoms with van der Waals surface area (Å²) in [7, 11) is 4.97. The lowest BCUT2D eigenvalue weighted by Gasteiger charge is -2.38. The van der Waals surface area contributed by atoms with E-state index in [4.69, 9.17) is 4.74 Å². The fourth-order valence-electron chi connectivity index (χ4n) is 5.33. The number of amides is 4. The number of hydrogen-bond acceptors (Lipinski definition) is 5. The zero-order valence-corrected chi connectivity index (χ0v) is 27.1. The number of nitrogens with one attached hydrogen (secondary N) is 1. The highest BCUT2D eigenvalue weighted by Crippen LogP contribution is 2.22. The zero-order valence-electron chi connectivity index (χ0n) is 27.1. The average Bonchev–Trinajstić information content (AvgIpc) is 2.99. The van der Waals surface area contributed by atoms with E-state index in [1.807, 2.05) is 75.4 Å². The zero-order chi connectivity index (χ0) is 32.7. The van der Waals surface area contributed by atoms with Gasteiger partial charge in [-0.25, -0.2) is 4.79 Å². The van der Waals surface area contributed by atoms with Crippen LogP contribution in [0.4, 0.5) is 4.79 Å². The van der Waals surface area contributed by atoms with Gasteiger partial charge in [0, 0.05) is 58.7 Å². The second-order valence-electron chi connectivity index (χ2n) is 12.6. The Morgan fingerprint density at radius 3 is 2.33 bits per heavy atom. The Bertz CT molecular complexity index is 1570. The summed E-state index contributed by atoms with van der Waals surface area (Å²) in [4.78, 5) is 56.7. The van der Waals surface area contributed by atoms with E-state index in [0.29, 0.717) is 38.0 Å². The summed E-state index contributed by atoms with van der Waals surface area (Å²) in [6, 6.07) is 20.7. The first-order chi connectivity index (χ1) is 21.4. The Hall–Kier alpha value is -4.66. The molecule has 9 heteroatoms. The van der Waals surface area contributed by atoms with Gasteiger partial charge in [-0.1, -0.05) is 66.7 Å². The Morgan fingerprint density at radius 1 is 0.978 bits per heavy atom. The van der Waals surface area contributed by atoms with Crippen LogP contribution in [0, 0.1) is 5.92 Å². The van der Waals surface area contributed by atoms with Crippen LogP contribution in [0.5, 0.6) is 0 Å². The minimum Gasteiger partial charge on any atom is -0.444 e. The highest BCUT2D eigenvalue weighted by Gasteiger charge is 2.33. The van der Waals surface area contributed by atoms with Gasteiger partial charge < -0.3 is 24.8 Å². The molecule has 1 fully saturated rings. The van der Waals surface area contributed by atoms with Crippen LogP contribution in [-0.4, -0.2) is 90.9 Å². The normalized spacial score (nSPS) is 14.1. The highest BCUT2D eigenvalue weighted by atomic mass is 16.6.